The average Bonchev–Trinajstić information content (AvgIpc) is 3.53. The van der Waals surface area contributed by atoms with E-state index in [9.17, 15) is 0 Å². The van der Waals surface area contributed by atoms with Gasteiger partial charge < -0.3 is 4.57 Å². The van der Waals surface area contributed by atoms with Crippen molar-refractivity contribution in [3.63, 3.8) is 0 Å². The summed E-state index contributed by atoms with van der Waals surface area (Å²) in [4.78, 5) is 0. The van der Waals surface area contributed by atoms with Gasteiger partial charge in [0.15, 0.2) is 0 Å². The van der Waals surface area contributed by atoms with Gasteiger partial charge in [-0.3, -0.25) is 0 Å². The van der Waals surface area contributed by atoms with Gasteiger partial charge in [-0.15, -0.1) is 0 Å². The van der Waals surface area contributed by atoms with Gasteiger partial charge in [-0.25, -0.2) is 0 Å². The number of aromatic nitrogens is 1. The Bertz CT molecular complexity index is 2770. The molecule has 0 fully saturated rings. The number of aryl methyl sites for hydroxylation is 4. The van der Waals surface area contributed by atoms with Gasteiger partial charge in [0.2, 0.25) is 0 Å². The normalized spacial score (nSPS) is 12.4. The lowest BCUT2D eigenvalue weighted by Crippen LogP contribution is -2.03. The molecular formula is C53H51N. The Hall–Kier alpha value is -5.66. The van der Waals surface area contributed by atoms with Gasteiger partial charge in [0, 0.05) is 16.5 Å². The predicted octanol–water partition coefficient (Wildman–Crippen LogP) is 15.4. The molecule has 0 N–H and O–H groups in total. The summed E-state index contributed by atoms with van der Waals surface area (Å²) in [5, 5.41) is 8.09. The van der Waals surface area contributed by atoms with Crippen molar-refractivity contribution in [1.29, 1.82) is 0 Å². The standard InChI is InChI=1S/C53H51N/c1-11-13-21-43(12-2)54-46-23-18-17-22-44(46)45-30-42(28-29-47(45)54)39-24-26-41(27-25-39)53-50-37(9)33(5)31(3)35(7)48(50)52(40-19-15-14-16-20-40)49-36(8)32(4)34(6)38(10)51(49)53/h12-30H,11H2,1-10H3/b21-13-,43-12+. The topological polar surface area (TPSA) is 4.93 Å². The molecule has 0 saturated heterocycles. The maximum Gasteiger partial charge on any atom is 0.0541 e. The van der Waals surface area contributed by atoms with Crippen LogP contribution in [0.15, 0.2) is 115 Å². The maximum atomic E-state index is 2.40. The zero-order valence-electron chi connectivity index (χ0n) is 33.6. The minimum Gasteiger partial charge on any atom is -0.310 e. The Morgan fingerprint density at radius 1 is 0.463 bits per heavy atom. The minimum absolute atomic E-state index is 1.01. The van der Waals surface area contributed by atoms with Crippen LogP contribution in [0.1, 0.15) is 64.8 Å². The van der Waals surface area contributed by atoms with E-state index in [-0.39, 0.29) is 0 Å². The lowest BCUT2D eigenvalue weighted by Gasteiger charge is -2.27. The van der Waals surface area contributed by atoms with E-state index >= 15 is 0 Å². The molecule has 54 heavy (non-hydrogen) atoms. The molecule has 0 aliphatic rings. The predicted molar refractivity (Wildman–Crippen MR) is 238 cm³/mol. The van der Waals surface area contributed by atoms with E-state index in [0.717, 1.165) is 6.42 Å². The number of hydrogen-bond acceptors (Lipinski definition) is 0. The van der Waals surface area contributed by atoms with E-state index < -0.39 is 0 Å². The quantitative estimate of drug-likeness (QED) is 0.120. The van der Waals surface area contributed by atoms with Crippen molar-refractivity contribution < 1.29 is 0 Å². The molecular weight excluding hydrogens is 651 g/mol. The highest BCUT2D eigenvalue weighted by molar-refractivity contribution is 6.25. The van der Waals surface area contributed by atoms with Crippen LogP contribution in [0, 0.1) is 55.4 Å². The van der Waals surface area contributed by atoms with Crippen LogP contribution in [0.2, 0.25) is 0 Å². The van der Waals surface area contributed by atoms with Gasteiger partial charge >= 0.3 is 0 Å². The van der Waals surface area contributed by atoms with Crippen LogP contribution in [0.3, 0.4) is 0 Å². The first-order valence-corrected chi connectivity index (χ1v) is 19.6. The fourth-order valence-corrected chi connectivity index (χ4v) is 9.11. The van der Waals surface area contributed by atoms with Crippen molar-refractivity contribution in [3.05, 3.63) is 160 Å². The summed E-state index contributed by atoms with van der Waals surface area (Å²) >= 11 is 0. The molecule has 1 heterocycles. The fraction of sp³-hybridized carbons (Fsp3) is 0.208. The van der Waals surface area contributed by atoms with Crippen LogP contribution >= 0.6 is 0 Å². The molecule has 0 unspecified atom stereocenters. The van der Waals surface area contributed by atoms with Crippen molar-refractivity contribution in [2.45, 2.75) is 75.7 Å². The highest BCUT2D eigenvalue weighted by atomic mass is 15.0. The molecule has 0 aliphatic carbocycles. The number of benzene rings is 7. The SMILES string of the molecule is C/C=C(\C=C/CC)n1c2ccccc2c2cc(-c3ccc(-c4c5c(C)c(C)c(C)c(C)c5c(-c5ccccc5)c5c(C)c(C)c(C)c(C)c45)cc3)ccc21. The number of rotatable bonds is 6. The molecule has 1 nitrogen and oxygen atoms in total. The van der Waals surface area contributed by atoms with Crippen molar-refractivity contribution in [3.8, 4) is 33.4 Å². The summed E-state index contributed by atoms with van der Waals surface area (Å²) in [5.74, 6) is 0. The van der Waals surface area contributed by atoms with Crippen LogP contribution < -0.4 is 0 Å². The first-order valence-electron chi connectivity index (χ1n) is 19.6. The second-order valence-electron chi connectivity index (χ2n) is 15.3. The van der Waals surface area contributed by atoms with Gasteiger partial charge in [-0.1, -0.05) is 97.9 Å². The Labute approximate surface area is 321 Å². The zero-order valence-corrected chi connectivity index (χ0v) is 33.6. The van der Waals surface area contributed by atoms with Gasteiger partial charge in [-0.2, -0.15) is 0 Å². The molecule has 8 aromatic rings. The largest absolute Gasteiger partial charge is 0.310 e. The molecule has 7 aromatic carbocycles. The first kappa shape index (κ1) is 35.4. The molecule has 8 rings (SSSR count). The van der Waals surface area contributed by atoms with Gasteiger partial charge in [0.05, 0.1) is 11.0 Å². The summed E-state index contributed by atoms with van der Waals surface area (Å²) in [7, 11) is 0. The van der Waals surface area contributed by atoms with Crippen LogP contribution in [-0.4, -0.2) is 4.57 Å². The van der Waals surface area contributed by atoms with Crippen molar-refractivity contribution in [2.75, 3.05) is 0 Å². The summed E-state index contributed by atoms with van der Waals surface area (Å²) < 4.78 is 2.40. The van der Waals surface area contributed by atoms with Crippen LogP contribution in [0.5, 0.6) is 0 Å². The monoisotopic (exact) mass is 701 g/mol. The highest BCUT2D eigenvalue weighted by Crippen LogP contribution is 2.50. The second-order valence-corrected chi connectivity index (χ2v) is 15.3. The number of para-hydroxylation sites is 1. The van der Waals surface area contributed by atoms with Crippen LogP contribution in [-0.2, 0) is 0 Å². The highest BCUT2D eigenvalue weighted by Gasteiger charge is 2.25. The maximum absolute atomic E-state index is 2.40. The zero-order chi connectivity index (χ0) is 38.0. The molecule has 1 heteroatoms. The van der Waals surface area contributed by atoms with Crippen molar-refractivity contribution >= 4 is 49.0 Å². The number of fused-ring (bicyclic) bond motifs is 5. The Morgan fingerprint density at radius 2 is 0.907 bits per heavy atom. The van der Waals surface area contributed by atoms with Gasteiger partial charge in [-0.05, 0) is 192 Å². The summed E-state index contributed by atoms with van der Waals surface area (Å²) in [6, 6.07) is 36.3. The van der Waals surface area contributed by atoms with Crippen LogP contribution in [0.25, 0.3) is 82.4 Å². The molecule has 0 radical (unpaired) electrons. The lowest BCUT2D eigenvalue weighted by molar-refractivity contribution is 1.19. The third kappa shape index (κ3) is 5.28. The molecule has 268 valence electrons. The molecule has 0 aliphatic heterocycles. The fourth-order valence-electron chi connectivity index (χ4n) is 9.11. The van der Waals surface area contributed by atoms with Crippen molar-refractivity contribution in [2.24, 2.45) is 0 Å². The van der Waals surface area contributed by atoms with Gasteiger partial charge in [0.25, 0.3) is 0 Å². The average molecular weight is 702 g/mol. The van der Waals surface area contributed by atoms with Crippen LogP contribution in [0.4, 0.5) is 0 Å². The molecule has 0 bridgehead atoms. The molecule has 0 atom stereocenters. The van der Waals surface area contributed by atoms with Gasteiger partial charge in [0.1, 0.15) is 0 Å². The molecule has 0 amide bonds. The molecule has 0 saturated carbocycles. The van der Waals surface area contributed by atoms with E-state index in [1.54, 1.807) is 0 Å². The summed E-state index contributed by atoms with van der Waals surface area (Å²) in [6.45, 7) is 22.9. The molecule has 1 aromatic heterocycles. The number of hydrogen-bond donors (Lipinski definition) is 0. The number of allylic oxidation sites excluding steroid dienone is 4. The van der Waals surface area contributed by atoms with E-state index in [1.165, 1.54) is 127 Å². The molecule has 0 spiro atoms. The Kier molecular flexibility index (Phi) is 8.93. The van der Waals surface area contributed by atoms with E-state index in [0.29, 0.717) is 0 Å². The minimum atomic E-state index is 1.01. The third-order valence-electron chi connectivity index (χ3n) is 12.7. The van der Waals surface area contributed by atoms with E-state index in [4.69, 9.17) is 0 Å². The number of nitrogens with zero attached hydrogens (tertiary/aromatic N) is 1. The third-order valence-corrected chi connectivity index (χ3v) is 12.7. The van der Waals surface area contributed by atoms with E-state index in [1.807, 2.05) is 0 Å². The smallest absolute Gasteiger partial charge is 0.0541 e. The lowest BCUT2D eigenvalue weighted by atomic mass is 9.76. The second kappa shape index (κ2) is 13.6. The summed E-state index contributed by atoms with van der Waals surface area (Å²) in [5.41, 5.74) is 22.4. The Balaban J connectivity index is 1.40. The first-order chi connectivity index (χ1) is 26.1. The van der Waals surface area contributed by atoms with Crippen molar-refractivity contribution in [1.82, 2.24) is 4.57 Å². The van der Waals surface area contributed by atoms with E-state index in [2.05, 4.69) is 189 Å². The Morgan fingerprint density at radius 3 is 1.43 bits per heavy atom. The summed E-state index contributed by atoms with van der Waals surface area (Å²) in [6.07, 6.45) is 7.71.